The molecule has 14 rings (SSSR count). The van der Waals surface area contributed by atoms with E-state index in [1.807, 2.05) is 0 Å². The third-order valence-corrected chi connectivity index (χ3v) is 30.2. The zero-order valence-electron chi connectivity index (χ0n) is 51.4. The smallest absolute Gasteiger partial charge is 0.0168 e. The van der Waals surface area contributed by atoms with Crippen LogP contribution in [0.25, 0.3) is 0 Å². The Hall–Kier alpha value is -0.520. The van der Waals surface area contributed by atoms with E-state index in [1.54, 1.807) is 244 Å². The molecule has 0 aromatic rings. The van der Waals surface area contributed by atoms with Crippen LogP contribution in [-0.2, 0) is 0 Å². The molecule has 438 valence electrons. The maximum absolute atomic E-state index is 3.28. The van der Waals surface area contributed by atoms with E-state index < -0.39 is 0 Å². The Morgan fingerprint density at radius 2 is 0.397 bits per heavy atom. The first-order valence-corrected chi connectivity index (χ1v) is 38.2. The minimum atomic E-state index is 0.937. The maximum Gasteiger partial charge on any atom is -0.0168 e. The molecule has 0 aromatic carbocycles. The van der Waals surface area contributed by atoms with Gasteiger partial charge in [0.1, 0.15) is 0 Å². The summed E-state index contributed by atoms with van der Waals surface area (Å²) in [6, 6.07) is 0. The SMILES string of the molecule is C(=C(C1CCCCC1)C1CCCCC1)C1C2CCCCC2C(C2CCC(C3C4CCCCC4C(C=C(C4CCCCC4)C4CCCCC4)C4CCCCC43)C3CC(C4CCCCC4)C(C4CCCCC4)CC32)C2CCCCC12. The first-order valence-electron chi connectivity index (χ1n) is 38.2. The third-order valence-electron chi connectivity index (χ3n) is 30.2. The molecule has 0 heterocycles. The molecule has 14 aliphatic carbocycles. The van der Waals surface area contributed by atoms with Crippen molar-refractivity contribution in [1.82, 2.24) is 0 Å². The molecule has 0 saturated heterocycles. The summed E-state index contributed by atoms with van der Waals surface area (Å²) in [5.41, 5.74) is 4.21. The van der Waals surface area contributed by atoms with Crippen LogP contribution in [0.2, 0.25) is 0 Å². The average Bonchev–Trinajstić information content (AvgIpc) is 3.56. The standard InChI is InChI=1S/C78H126/c1-7-27-53(28-8-1)69(54-29-9-2-10-30-54)49-73-59-39-19-23-43-63(59)77(64-44-24-20-40-60(64)73)67-47-48-68(76-52-72(58-37-17-6-18-38-58)71(51-75(67)76)57-35-15-5-16-36-57)78-65-45-25-21-41-61(65)74(62-42-22-26-46-66(62)78)50-70(55-31-11-3-12-32-55)56-33-13-4-14-34-56/h49-50,53-68,71-78H,1-48,51-52H2. The zero-order valence-corrected chi connectivity index (χ0v) is 51.4. The number of rotatable bonds is 10. The minimum absolute atomic E-state index is 0.937. The number of hydrogen-bond donors (Lipinski definition) is 0. The molecule has 0 N–H and O–H groups in total. The van der Waals surface area contributed by atoms with Gasteiger partial charge in [-0.15, -0.1) is 0 Å². The van der Waals surface area contributed by atoms with E-state index in [1.165, 1.54) is 77.0 Å². The van der Waals surface area contributed by atoms with Gasteiger partial charge in [0.2, 0.25) is 0 Å². The average molecular weight is 1060 g/mol. The zero-order chi connectivity index (χ0) is 51.8. The summed E-state index contributed by atoms with van der Waals surface area (Å²) in [4.78, 5) is 0. The van der Waals surface area contributed by atoms with Gasteiger partial charge in [-0.05, 0) is 270 Å². The summed E-state index contributed by atoms with van der Waals surface area (Å²) >= 11 is 0. The second kappa shape index (κ2) is 26.0. The molecule has 0 aromatic heterocycles. The summed E-state index contributed by atoms with van der Waals surface area (Å²) in [7, 11) is 0. The summed E-state index contributed by atoms with van der Waals surface area (Å²) in [5, 5.41) is 0. The minimum Gasteiger partial charge on any atom is -0.0811 e. The molecule has 14 unspecified atom stereocenters. The van der Waals surface area contributed by atoms with E-state index in [0.29, 0.717) is 0 Å². The van der Waals surface area contributed by atoms with Crippen molar-refractivity contribution < 1.29 is 0 Å². The molecule has 0 aliphatic heterocycles. The number of allylic oxidation sites excluding steroid dienone is 4. The van der Waals surface area contributed by atoms with Gasteiger partial charge in [-0.2, -0.15) is 0 Å². The van der Waals surface area contributed by atoms with Crippen molar-refractivity contribution in [1.29, 1.82) is 0 Å². The van der Waals surface area contributed by atoms with Crippen LogP contribution in [0.5, 0.6) is 0 Å². The van der Waals surface area contributed by atoms with Crippen LogP contribution in [-0.4, -0.2) is 0 Å². The second-order valence-electron chi connectivity index (χ2n) is 33.3. The predicted octanol–water partition coefficient (Wildman–Crippen LogP) is 23.3. The summed E-state index contributed by atoms with van der Waals surface area (Å²) in [6.45, 7) is 0. The van der Waals surface area contributed by atoms with E-state index in [2.05, 4.69) is 23.3 Å². The van der Waals surface area contributed by atoms with Gasteiger partial charge in [0.15, 0.2) is 0 Å². The van der Waals surface area contributed by atoms with Crippen LogP contribution in [0.15, 0.2) is 23.3 Å². The van der Waals surface area contributed by atoms with E-state index in [-0.39, 0.29) is 0 Å². The quantitative estimate of drug-likeness (QED) is 0.191. The highest BCUT2D eigenvalue weighted by Gasteiger charge is 2.61. The van der Waals surface area contributed by atoms with Gasteiger partial charge < -0.3 is 0 Å². The lowest BCUT2D eigenvalue weighted by atomic mass is 9.40. The predicted molar refractivity (Wildman–Crippen MR) is 331 cm³/mol. The van der Waals surface area contributed by atoms with Gasteiger partial charge in [0.25, 0.3) is 0 Å². The molecule has 0 radical (unpaired) electrons. The van der Waals surface area contributed by atoms with Crippen LogP contribution in [0.3, 0.4) is 0 Å². The molecule has 0 bridgehead atoms. The molecule has 14 fully saturated rings. The van der Waals surface area contributed by atoms with Crippen molar-refractivity contribution in [3.05, 3.63) is 23.3 Å². The van der Waals surface area contributed by atoms with Gasteiger partial charge in [-0.1, -0.05) is 216 Å². The van der Waals surface area contributed by atoms with Gasteiger partial charge in [0.05, 0.1) is 0 Å². The molecule has 0 nitrogen and oxygen atoms in total. The fourth-order valence-electron chi connectivity index (χ4n) is 27.3. The molecular weight excluding hydrogens is 937 g/mol. The molecule has 0 heteroatoms. The number of hydrogen-bond acceptors (Lipinski definition) is 0. The molecule has 78 heavy (non-hydrogen) atoms. The lowest BCUT2D eigenvalue weighted by Crippen LogP contribution is -2.58. The normalized spacial score (nSPS) is 45.1. The molecule has 0 amide bonds. The topological polar surface area (TPSA) is 0 Å². The van der Waals surface area contributed by atoms with E-state index in [9.17, 15) is 0 Å². The van der Waals surface area contributed by atoms with E-state index in [4.69, 9.17) is 0 Å². The van der Waals surface area contributed by atoms with Gasteiger partial charge >= 0.3 is 0 Å². The van der Waals surface area contributed by atoms with Crippen molar-refractivity contribution in [2.24, 2.45) is 142 Å². The van der Waals surface area contributed by atoms with Crippen molar-refractivity contribution >= 4 is 0 Å². The first kappa shape index (κ1) is 55.4. The molecule has 0 spiro atoms. The summed E-state index contributed by atoms with van der Waals surface area (Å²) in [5.74, 6) is 24.7. The Balaban J connectivity index is 0.837. The largest absolute Gasteiger partial charge is 0.0811 e. The highest BCUT2D eigenvalue weighted by Crippen LogP contribution is 2.69. The third kappa shape index (κ3) is 11.3. The van der Waals surface area contributed by atoms with Crippen LogP contribution < -0.4 is 0 Å². The highest BCUT2D eigenvalue weighted by molar-refractivity contribution is 5.21. The lowest BCUT2D eigenvalue weighted by molar-refractivity contribution is -0.153. The Kier molecular flexibility index (Phi) is 18.4. The van der Waals surface area contributed by atoms with Crippen molar-refractivity contribution in [2.75, 3.05) is 0 Å². The van der Waals surface area contributed by atoms with Crippen LogP contribution in [0.1, 0.15) is 321 Å². The maximum atomic E-state index is 3.28. The molecule has 14 saturated carbocycles. The fraction of sp³-hybridized carbons (Fsp3) is 0.949. The van der Waals surface area contributed by atoms with Crippen molar-refractivity contribution in [3.8, 4) is 0 Å². The Morgan fingerprint density at radius 3 is 0.667 bits per heavy atom. The molecule has 14 aliphatic rings. The Labute approximate surface area is 483 Å². The monoisotopic (exact) mass is 1060 g/mol. The van der Waals surface area contributed by atoms with Gasteiger partial charge in [0, 0.05) is 0 Å². The van der Waals surface area contributed by atoms with Crippen LogP contribution in [0.4, 0.5) is 0 Å². The van der Waals surface area contributed by atoms with Crippen LogP contribution >= 0.6 is 0 Å². The van der Waals surface area contributed by atoms with Gasteiger partial charge in [-0.3, -0.25) is 0 Å². The van der Waals surface area contributed by atoms with Gasteiger partial charge in [-0.25, -0.2) is 0 Å². The Morgan fingerprint density at radius 1 is 0.179 bits per heavy atom. The van der Waals surface area contributed by atoms with E-state index >= 15 is 0 Å². The molecular formula is C78H126. The summed E-state index contributed by atoms with van der Waals surface area (Å²) < 4.78 is 0. The highest BCUT2D eigenvalue weighted by atomic mass is 14.7. The Bertz CT molecular complexity index is 1690. The van der Waals surface area contributed by atoms with E-state index in [0.717, 1.165) is 142 Å². The lowest BCUT2D eigenvalue weighted by Gasteiger charge is -2.64. The first-order chi connectivity index (χ1) is 38.7. The van der Waals surface area contributed by atoms with Crippen LogP contribution in [0, 0.1) is 142 Å². The second-order valence-corrected chi connectivity index (χ2v) is 33.3. The fourth-order valence-corrected chi connectivity index (χ4v) is 27.3. The summed E-state index contributed by atoms with van der Waals surface area (Å²) in [6.07, 6.45) is 85.4. The molecule has 14 atom stereocenters. The number of fused-ring (bicyclic) bond motifs is 5. The van der Waals surface area contributed by atoms with Crippen molar-refractivity contribution in [2.45, 2.75) is 321 Å². The van der Waals surface area contributed by atoms with Crippen molar-refractivity contribution in [3.63, 3.8) is 0 Å².